The van der Waals surface area contributed by atoms with E-state index in [0.29, 0.717) is 34.5 Å². The van der Waals surface area contributed by atoms with E-state index in [2.05, 4.69) is 10.6 Å². The topological polar surface area (TPSA) is 88.4 Å². The Hall–Kier alpha value is -4.19. The number of anilines is 1. The summed E-state index contributed by atoms with van der Waals surface area (Å²) in [7, 11) is 0. The number of benzene rings is 3. The van der Waals surface area contributed by atoms with Crippen LogP contribution in [-0.2, 0) is 0 Å². The number of hydrogen-bond acceptors (Lipinski definition) is 4. The van der Waals surface area contributed by atoms with Crippen molar-refractivity contribution in [2.45, 2.75) is 13.8 Å². The summed E-state index contributed by atoms with van der Waals surface area (Å²) in [5.74, 6) is -0.334. The molecule has 6 nitrogen and oxygen atoms in total. The number of amides is 2. The van der Waals surface area contributed by atoms with Crippen molar-refractivity contribution in [3.63, 3.8) is 0 Å². The fourth-order valence-corrected chi connectivity index (χ4v) is 3.59. The molecule has 0 bridgehead atoms. The summed E-state index contributed by atoms with van der Waals surface area (Å²) in [4.78, 5) is 38.6. The third-order valence-corrected chi connectivity index (χ3v) is 5.18. The lowest BCUT2D eigenvalue weighted by atomic mass is 10.0. The maximum Gasteiger partial charge on any atom is 0.259 e. The van der Waals surface area contributed by atoms with Gasteiger partial charge < -0.3 is 15.1 Å². The number of rotatable bonds is 5. The highest BCUT2D eigenvalue weighted by molar-refractivity contribution is 6.13. The standard InChI is InChI=1S/C26H22N2O4/c1-3-27-25(30)18-12-7-8-15-21(18)28-26(31)20-14-9-13-19-22(29)16(2)23(32-24(19)20)17-10-5-4-6-11-17/h4-15H,3H2,1-2H3,(H,27,30)(H,28,31). The van der Waals surface area contributed by atoms with E-state index in [1.807, 2.05) is 37.3 Å². The maximum atomic E-state index is 13.2. The molecule has 0 aliphatic carbocycles. The maximum absolute atomic E-state index is 13.2. The average molecular weight is 426 g/mol. The zero-order valence-electron chi connectivity index (χ0n) is 17.8. The van der Waals surface area contributed by atoms with Crippen molar-refractivity contribution >= 4 is 28.5 Å². The van der Waals surface area contributed by atoms with Gasteiger partial charge >= 0.3 is 0 Å². The molecule has 160 valence electrons. The van der Waals surface area contributed by atoms with Crippen LogP contribution in [0.25, 0.3) is 22.3 Å². The molecular weight excluding hydrogens is 404 g/mol. The predicted octanol–water partition coefficient (Wildman–Crippen LogP) is 4.77. The first-order chi connectivity index (χ1) is 15.5. The van der Waals surface area contributed by atoms with Crippen LogP contribution in [0, 0.1) is 6.92 Å². The Kier molecular flexibility index (Phi) is 5.85. The van der Waals surface area contributed by atoms with E-state index in [1.54, 1.807) is 49.4 Å². The highest BCUT2D eigenvalue weighted by atomic mass is 16.3. The third kappa shape index (κ3) is 3.90. The third-order valence-electron chi connectivity index (χ3n) is 5.18. The van der Waals surface area contributed by atoms with Crippen LogP contribution >= 0.6 is 0 Å². The van der Waals surface area contributed by atoms with Gasteiger partial charge in [0.2, 0.25) is 0 Å². The highest BCUT2D eigenvalue weighted by Crippen LogP contribution is 2.28. The normalized spacial score (nSPS) is 10.7. The summed E-state index contributed by atoms with van der Waals surface area (Å²) in [6, 6.07) is 20.9. The molecule has 2 amide bonds. The van der Waals surface area contributed by atoms with Crippen molar-refractivity contribution in [1.82, 2.24) is 5.32 Å². The molecule has 0 radical (unpaired) electrons. The van der Waals surface area contributed by atoms with Gasteiger partial charge in [0.15, 0.2) is 11.0 Å². The van der Waals surface area contributed by atoms with Crippen LogP contribution in [0.4, 0.5) is 5.69 Å². The van der Waals surface area contributed by atoms with Gasteiger partial charge in [0.1, 0.15) is 5.76 Å². The summed E-state index contributed by atoms with van der Waals surface area (Å²) >= 11 is 0. The zero-order chi connectivity index (χ0) is 22.7. The smallest absolute Gasteiger partial charge is 0.259 e. The van der Waals surface area contributed by atoms with Gasteiger partial charge in [0.05, 0.1) is 22.2 Å². The van der Waals surface area contributed by atoms with E-state index in [9.17, 15) is 14.4 Å². The first-order valence-electron chi connectivity index (χ1n) is 10.3. The summed E-state index contributed by atoms with van der Waals surface area (Å²) in [6.07, 6.45) is 0. The molecule has 2 N–H and O–H groups in total. The first-order valence-corrected chi connectivity index (χ1v) is 10.3. The van der Waals surface area contributed by atoms with E-state index in [1.165, 1.54) is 0 Å². The van der Waals surface area contributed by atoms with Crippen molar-refractivity contribution < 1.29 is 14.0 Å². The van der Waals surface area contributed by atoms with Gasteiger partial charge in [-0.1, -0.05) is 48.5 Å². The summed E-state index contributed by atoms with van der Waals surface area (Å²) in [6.45, 7) is 4.00. The molecule has 6 heteroatoms. The number of hydrogen-bond donors (Lipinski definition) is 2. The van der Waals surface area contributed by atoms with E-state index in [-0.39, 0.29) is 22.5 Å². The number of para-hydroxylation sites is 2. The van der Waals surface area contributed by atoms with Crippen LogP contribution in [0.15, 0.2) is 82.0 Å². The van der Waals surface area contributed by atoms with Crippen LogP contribution in [0.3, 0.4) is 0 Å². The van der Waals surface area contributed by atoms with Gasteiger partial charge in [-0.2, -0.15) is 0 Å². The predicted molar refractivity (Wildman–Crippen MR) is 125 cm³/mol. The van der Waals surface area contributed by atoms with Crippen LogP contribution < -0.4 is 16.1 Å². The molecule has 3 aromatic carbocycles. The molecule has 0 saturated carbocycles. The molecule has 0 aliphatic heterocycles. The average Bonchev–Trinajstić information content (AvgIpc) is 2.82. The van der Waals surface area contributed by atoms with Gasteiger partial charge in [-0.25, -0.2) is 0 Å². The molecule has 4 aromatic rings. The molecule has 0 spiro atoms. The van der Waals surface area contributed by atoms with Gasteiger partial charge in [0, 0.05) is 17.7 Å². The fourth-order valence-electron chi connectivity index (χ4n) is 3.59. The van der Waals surface area contributed by atoms with Crippen LogP contribution in [0.1, 0.15) is 33.2 Å². The van der Waals surface area contributed by atoms with E-state index in [0.717, 1.165) is 5.56 Å². The minimum atomic E-state index is -0.474. The molecule has 0 aliphatic rings. The number of carbonyl (C=O) groups excluding carboxylic acids is 2. The lowest BCUT2D eigenvalue weighted by Crippen LogP contribution is -2.25. The Morgan fingerprint density at radius 2 is 1.53 bits per heavy atom. The highest BCUT2D eigenvalue weighted by Gasteiger charge is 2.20. The molecule has 1 aromatic heterocycles. The lowest BCUT2D eigenvalue weighted by Gasteiger charge is -2.13. The van der Waals surface area contributed by atoms with Crippen LogP contribution in [0.2, 0.25) is 0 Å². The fraction of sp³-hybridized carbons (Fsp3) is 0.115. The lowest BCUT2D eigenvalue weighted by molar-refractivity contribution is 0.0956. The Morgan fingerprint density at radius 3 is 2.28 bits per heavy atom. The van der Waals surface area contributed by atoms with E-state index >= 15 is 0 Å². The van der Waals surface area contributed by atoms with Gasteiger partial charge in [-0.3, -0.25) is 14.4 Å². The van der Waals surface area contributed by atoms with E-state index in [4.69, 9.17) is 4.42 Å². The zero-order valence-corrected chi connectivity index (χ0v) is 17.8. The largest absolute Gasteiger partial charge is 0.455 e. The molecule has 4 rings (SSSR count). The Balaban J connectivity index is 1.81. The molecule has 0 saturated heterocycles. The molecule has 0 fully saturated rings. The second-order valence-corrected chi connectivity index (χ2v) is 7.29. The van der Waals surface area contributed by atoms with Crippen molar-refractivity contribution in [2.24, 2.45) is 0 Å². The van der Waals surface area contributed by atoms with Gasteiger partial charge in [-0.05, 0) is 38.1 Å². The van der Waals surface area contributed by atoms with Crippen LogP contribution in [-0.4, -0.2) is 18.4 Å². The SMILES string of the molecule is CCNC(=O)c1ccccc1NC(=O)c1cccc2c(=O)c(C)c(-c3ccccc3)oc12. The summed E-state index contributed by atoms with van der Waals surface area (Å²) < 4.78 is 6.13. The molecule has 0 atom stereocenters. The second-order valence-electron chi connectivity index (χ2n) is 7.29. The quantitative estimate of drug-likeness (QED) is 0.481. The van der Waals surface area contributed by atoms with Crippen molar-refractivity contribution in [3.05, 3.63) is 99.7 Å². The molecule has 0 unspecified atom stereocenters. The van der Waals surface area contributed by atoms with Crippen molar-refractivity contribution in [3.8, 4) is 11.3 Å². The number of nitrogens with one attached hydrogen (secondary N) is 2. The van der Waals surface area contributed by atoms with Crippen molar-refractivity contribution in [2.75, 3.05) is 11.9 Å². The Bertz CT molecular complexity index is 1370. The Labute approximate surface area is 184 Å². The second kappa shape index (κ2) is 8.89. The molecular formula is C26H22N2O4. The van der Waals surface area contributed by atoms with Gasteiger partial charge in [0.25, 0.3) is 11.8 Å². The minimum Gasteiger partial charge on any atom is -0.455 e. The number of fused-ring (bicyclic) bond motifs is 1. The molecule has 32 heavy (non-hydrogen) atoms. The molecule has 1 heterocycles. The van der Waals surface area contributed by atoms with E-state index < -0.39 is 5.91 Å². The van der Waals surface area contributed by atoms with Crippen LogP contribution in [0.5, 0.6) is 0 Å². The van der Waals surface area contributed by atoms with Gasteiger partial charge in [-0.15, -0.1) is 0 Å². The first kappa shape index (κ1) is 21.1. The number of carbonyl (C=O) groups is 2. The Morgan fingerprint density at radius 1 is 0.844 bits per heavy atom. The van der Waals surface area contributed by atoms with Crippen molar-refractivity contribution in [1.29, 1.82) is 0 Å². The summed E-state index contributed by atoms with van der Waals surface area (Å²) in [5, 5.41) is 5.85. The minimum absolute atomic E-state index is 0.192. The monoisotopic (exact) mass is 426 g/mol. The summed E-state index contributed by atoms with van der Waals surface area (Å²) in [5.41, 5.74) is 2.17.